The van der Waals surface area contributed by atoms with Gasteiger partial charge in [-0.15, -0.1) is 5.10 Å². The minimum absolute atomic E-state index is 0.0674. The lowest BCUT2D eigenvalue weighted by Crippen LogP contribution is -2.31. The van der Waals surface area contributed by atoms with Gasteiger partial charge in [0.25, 0.3) is 5.91 Å². The molecule has 0 radical (unpaired) electrons. The highest BCUT2D eigenvalue weighted by atomic mass is 16.1. The Bertz CT molecular complexity index is 766. The number of hydrogen-bond acceptors (Lipinski definition) is 4. The summed E-state index contributed by atoms with van der Waals surface area (Å²) in [6, 6.07) is 7.41. The molecule has 1 aromatic carbocycles. The van der Waals surface area contributed by atoms with Crippen molar-refractivity contribution >= 4 is 5.91 Å². The smallest absolute Gasteiger partial charge is 0.253 e. The fraction of sp³-hybridized carbons (Fsp3) is 0.412. The average molecular weight is 309 g/mol. The van der Waals surface area contributed by atoms with Crippen LogP contribution in [0.2, 0.25) is 0 Å². The summed E-state index contributed by atoms with van der Waals surface area (Å²) >= 11 is 0. The van der Waals surface area contributed by atoms with Gasteiger partial charge in [-0.25, -0.2) is 0 Å². The lowest BCUT2D eigenvalue weighted by Gasteiger charge is -2.19. The Balaban J connectivity index is 1.51. The molecular formula is C17H19N5O. The van der Waals surface area contributed by atoms with Crippen LogP contribution in [0.5, 0.6) is 0 Å². The molecular weight excluding hydrogens is 290 g/mol. The normalized spacial score (nSPS) is 25.0. The Kier molecular flexibility index (Phi) is 3.44. The molecule has 23 heavy (non-hydrogen) atoms. The zero-order valence-corrected chi connectivity index (χ0v) is 13.0. The van der Waals surface area contributed by atoms with Gasteiger partial charge in [0, 0.05) is 6.54 Å². The SMILES string of the molecule is Cc1nnnn1-c1ccccc1C(=O)NC[C@H]1C[C@@H]2C=C[C@H]1C2. The lowest BCUT2D eigenvalue weighted by atomic mass is 9.93. The van der Waals surface area contributed by atoms with E-state index in [-0.39, 0.29) is 5.91 Å². The summed E-state index contributed by atoms with van der Waals surface area (Å²) in [6.45, 7) is 2.55. The van der Waals surface area contributed by atoms with Crippen LogP contribution in [0, 0.1) is 24.7 Å². The first kappa shape index (κ1) is 14.1. The van der Waals surface area contributed by atoms with Crippen molar-refractivity contribution in [3.05, 3.63) is 47.8 Å². The van der Waals surface area contributed by atoms with Crippen molar-refractivity contribution in [1.29, 1.82) is 0 Å². The topological polar surface area (TPSA) is 72.7 Å². The molecule has 2 aromatic rings. The molecule has 3 atom stereocenters. The predicted octanol–water partition coefficient (Wildman–Crippen LogP) is 1.91. The molecule has 1 saturated carbocycles. The molecule has 6 nitrogen and oxygen atoms in total. The van der Waals surface area contributed by atoms with Crippen LogP contribution in [0.4, 0.5) is 0 Å². The molecule has 0 aliphatic heterocycles. The maximum absolute atomic E-state index is 12.6. The Labute approximate surface area is 134 Å². The second-order valence-corrected chi connectivity index (χ2v) is 6.41. The van der Waals surface area contributed by atoms with Gasteiger partial charge in [0.1, 0.15) is 0 Å². The average Bonchev–Trinajstić information content (AvgIpc) is 3.29. The van der Waals surface area contributed by atoms with Gasteiger partial charge in [0.15, 0.2) is 5.82 Å². The van der Waals surface area contributed by atoms with E-state index in [4.69, 9.17) is 0 Å². The Morgan fingerprint density at radius 3 is 2.87 bits per heavy atom. The van der Waals surface area contributed by atoms with Gasteiger partial charge in [0.05, 0.1) is 11.3 Å². The molecule has 1 N–H and O–H groups in total. The summed E-state index contributed by atoms with van der Waals surface area (Å²) in [4.78, 5) is 12.6. The predicted molar refractivity (Wildman–Crippen MR) is 85.1 cm³/mol. The number of nitrogens with zero attached hydrogens (tertiary/aromatic N) is 4. The number of rotatable bonds is 4. The van der Waals surface area contributed by atoms with Crippen LogP contribution in [-0.2, 0) is 0 Å². The summed E-state index contributed by atoms with van der Waals surface area (Å²) in [5.41, 5.74) is 1.31. The van der Waals surface area contributed by atoms with E-state index in [0.29, 0.717) is 28.9 Å². The number of nitrogens with one attached hydrogen (secondary N) is 1. The van der Waals surface area contributed by atoms with Crippen LogP contribution in [0.15, 0.2) is 36.4 Å². The molecule has 2 bridgehead atoms. The molecule has 1 fully saturated rings. The van der Waals surface area contributed by atoms with Gasteiger partial charge < -0.3 is 5.32 Å². The Hall–Kier alpha value is -2.50. The van der Waals surface area contributed by atoms with E-state index in [1.165, 1.54) is 12.8 Å². The number of allylic oxidation sites excluding steroid dienone is 2. The van der Waals surface area contributed by atoms with Crippen LogP contribution >= 0.6 is 0 Å². The van der Waals surface area contributed by atoms with E-state index >= 15 is 0 Å². The quantitative estimate of drug-likeness (QED) is 0.876. The number of aromatic nitrogens is 4. The molecule has 1 heterocycles. The largest absolute Gasteiger partial charge is 0.352 e. The van der Waals surface area contributed by atoms with Crippen LogP contribution in [0.25, 0.3) is 5.69 Å². The minimum atomic E-state index is -0.0674. The molecule has 0 unspecified atom stereocenters. The van der Waals surface area contributed by atoms with Crippen molar-refractivity contribution < 1.29 is 4.79 Å². The van der Waals surface area contributed by atoms with Gasteiger partial charge in [-0.1, -0.05) is 24.3 Å². The first-order valence-electron chi connectivity index (χ1n) is 8.03. The first-order valence-corrected chi connectivity index (χ1v) is 8.03. The second kappa shape index (κ2) is 5.61. The Morgan fingerprint density at radius 1 is 1.30 bits per heavy atom. The van der Waals surface area contributed by atoms with Gasteiger partial charge in [-0.05, 0) is 60.1 Å². The third kappa shape index (κ3) is 2.54. The third-order valence-electron chi connectivity index (χ3n) is 4.94. The van der Waals surface area contributed by atoms with Crippen molar-refractivity contribution in [1.82, 2.24) is 25.5 Å². The summed E-state index contributed by atoms with van der Waals surface area (Å²) in [5.74, 6) is 2.51. The zero-order valence-electron chi connectivity index (χ0n) is 13.0. The maximum atomic E-state index is 12.6. The number of carbonyl (C=O) groups excluding carboxylic acids is 1. The number of fused-ring (bicyclic) bond motifs is 2. The fourth-order valence-electron chi connectivity index (χ4n) is 3.75. The second-order valence-electron chi connectivity index (χ2n) is 6.41. The minimum Gasteiger partial charge on any atom is -0.352 e. The van der Waals surface area contributed by atoms with E-state index in [2.05, 4.69) is 33.0 Å². The number of benzene rings is 1. The Morgan fingerprint density at radius 2 is 2.17 bits per heavy atom. The molecule has 4 rings (SSSR count). The van der Waals surface area contributed by atoms with Gasteiger partial charge >= 0.3 is 0 Å². The number of amides is 1. The summed E-state index contributed by atoms with van der Waals surface area (Å²) in [7, 11) is 0. The van der Waals surface area contributed by atoms with Gasteiger partial charge in [0.2, 0.25) is 0 Å². The highest BCUT2D eigenvalue weighted by Crippen LogP contribution is 2.42. The van der Waals surface area contributed by atoms with Crippen molar-refractivity contribution in [2.75, 3.05) is 6.54 Å². The first-order chi connectivity index (χ1) is 11.2. The maximum Gasteiger partial charge on any atom is 0.253 e. The molecule has 0 spiro atoms. The van der Waals surface area contributed by atoms with E-state index in [0.717, 1.165) is 12.5 Å². The molecule has 0 saturated heterocycles. The number of carbonyl (C=O) groups is 1. The number of tetrazole rings is 1. The summed E-state index contributed by atoms with van der Waals surface area (Å²) < 4.78 is 1.59. The molecule has 1 amide bonds. The highest BCUT2D eigenvalue weighted by Gasteiger charge is 2.35. The van der Waals surface area contributed by atoms with Crippen molar-refractivity contribution in [3.63, 3.8) is 0 Å². The van der Waals surface area contributed by atoms with Gasteiger partial charge in [-0.3, -0.25) is 4.79 Å². The van der Waals surface area contributed by atoms with Crippen molar-refractivity contribution in [2.45, 2.75) is 19.8 Å². The molecule has 2 aliphatic carbocycles. The molecule has 2 aliphatic rings. The van der Waals surface area contributed by atoms with E-state index in [1.54, 1.807) is 4.68 Å². The standard InChI is InChI=1S/C17H19N5O/c1-11-19-20-21-22(11)16-5-3-2-4-15(16)17(23)18-10-14-9-12-6-7-13(14)8-12/h2-7,12-14H,8-10H2,1H3,(H,18,23)/t12-,13+,14-/m1/s1. The van der Waals surface area contributed by atoms with Crippen LogP contribution < -0.4 is 5.32 Å². The summed E-state index contributed by atoms with van der Waals surface area (Å²) in [6.07, 6.45) is 7.07. The van der Waals surface area contributed by atoms with Crippen LogP contribution in [0.3, 0.4) is 0 Å². The van der Waals surface area contributed by atoms with Gasteiger partial charge in [-0.2, -0.15) is 4.68 Å². The molecule has 1 aromatic heterocycles. The van der Waals surface area contributed by atoms with Crippen LogP contribution in [-0.4, -0.2) is 32.7 Å². The number of aryl methyl sites for hydroxylation is 1. The van der Waals surface area contributed by atoms with Crippen molar-refractivity contribution in [3.8, 4) is 5.69 Å². The number of para-hydroxylation sites is 1. The van der Waals surface area contributed by atoms with Crippen LogP contribution in [0.1, 0.15) is 29.0 Å². The molecule has 118 valence electrons. The summed E-state index contributed by atoms with van der Waals surface area (Å²) in [5, 5.41) is 14.6. The highest BCUT2D eigenvalue weighted by molar-refractivity contribution is 5.97. The fourth-order valence-corrected chi connectivity index (χ4v) is 3.75. The molecule has 6 heteroatoms. The van der Waals surface area contributed by atoms with E-state index in [1.807, 2.05) is 31.2 Å². The van der Waals surface area contributed by atoms with E-state index in [9.17, 15) is 4.79 Å². The zero-order chi connectivity index (χ0) is 15.8. The van der Waals surface area contributed by atoms with E-state index < -0.39 is 0 Å². The lowest BCUT2D eigenvalue weighted by molar-refractivity contribution is 0.0945. The third-order valence-corrected chi connectivity index (χ3v) is 4.94. The number of hydrogen-bond donors (Lipinski definition) is 1. The van der Waals surface area contributed by atoms with Crippen molar-refractivity contribution in [2.24, 2.45) is 17.8 Å². The monoisotopic (exact) mass is 309 g/mol.